The van der Waals surface area contributed by atoms with Crippen LogP contribution in [0.25, 0.3) is 0 Å². The van der Waals surface area contributed by atoms with Crippen molar-refractivity contribution < 1.29 is 14.7 Å². The van der Waals surface area contributed by atoms with Crippen LogP contribution in [0.5, 0.6) is 0 Å². The summed E-state index contributed by atoms with van der Waals surface area (Å²) in [5, 5.41) is 9.19. The molecule has 1 aliphatic heterocycles. The van der Waals surface area contributed by atoms with Crippen molar-refractivity contribution in [1.29, 1.82) is 0 Å². The molecule has 1 fully saturated rings. The SMILES string of the molecule is CC1CN(C(=O)C(C)(C)c2cccc(Br)c2)CCC1C(=O)O. The largest absolute Gasteiger partial charge is 0.481 e. The summed E-state index contributed by atoms with van der Waals surface area (Å²) in [6.45, 7) is 6.77. The Morgan fingerprint density at radius 2 is 2.05 bits per heavy atom. The molecule has 5 heteroatoms. The van der Waals surface area contributed by atoms with E-state index in [2.05, 4.69) is 15.9 Å². The summed E-state index contributed by atoms with van der Waals surface area (Å²) in [6, 6.07) is 7.78. The number of carboxylic acids is 1. The van der Waals surface area contributed by atoms with E-state index >= 15 is 0 Å². The average Bonchev–Trinajstić information content (AvgIpc) is 2.45. The minimum absolute atomic E-state index is 0.0199. The normalized spacial score (nSPS) is 22.5. The lowest BCUT2D eigenvalue weighted by Gasteiger charge is -2.39. The maximum Gasteiger partial charge on any atom is 0.306 e. The topological polar surface area (TPSA) is 57.6 Å². The number of rotatable bonds is 3. The Morgan fingerprint density at radius 1 is 1.36 bits per heavy atom. The predicted octanol–water partition coefficient (Wildman–Crippen LogP) is 3.30. The molecular formula is C17H22BrNO3. The van der Waals surface area contributed by atoms with Gasteiger partial charge in [-0.2, -0.15) is 0 Å². The van der Waals surface area contributed by atoms with E-state index in [1.54, 1.807) is 0 Å². The second kappa shape index (κ2) is 6.41. The van der Waals surface area contributed by atoms with Gasteiger partial charge in [0.25, 0.3) is 0 Å². The Morgan fingerprint density at radius 3 is 2.59 bits per heavy atom. The standard InChI is InChI=1S/C17H22BrNO3/c1-11-10-19(8-7-14(11)15(20)21)16(22)17(2,3)12-5-4-6-13(18)9-12/h4-6,9,11,14H,7-8,10H2,1-3H3,(H,20,21). The number of nitrogens with zero attached hydrogens (tertiary/aromatic N) is 1. The van der Waals surface area contributed by atoms with Gasteiger partial charge in [-0.15, -0.1) is 0 Å². The molecule has 1 N–H and O–H groups in total. The van der Waals surface area contributed by atoms with Gasteiger partial charge in [-0.1, -0.05) is 35.0 Å². The number of piperidine rings is 1. The van der Waals surface area contributed by atoms with Crippen LogP contribution in [0, 0.1) is 11.8 Å². The van der Waals surface area contributed by atoms with Gasteiger partial charge in [0.2, 0.25) is 5.91 Å². The van der Waals surface area contributed by atoms with Crippen molar-refractivity contribution in [2.45, 2.75) is 32.6 Å². The highest BCUT2D eigenvalue weighted by Gasteiger charge is 2.39. The number of halogens is 1. The van der Waals surface area contributed by atoms with E-state index in [1.165, 1.54) is 0 Å². The summed E-state index contributed by atoms with van der Waals surface area (Å²) in [5.41, 5.74) is 0.333. The van der Waals surface area contributed by atoms with Crippen LogP contribution < -0.4 is 0 Å². The first kappa shape index (κ1) is 17.0. The van der Waals surface area contributed by atoms with Gasteiger partial charge in [0.1, 0.15) is 0 Å². The van der Waals surface area contributed by atoms with Gasteiger partial charge in [0.05, 0.1) is 11.3 Å². The van der Waals surface area contributed by atoms with E-state index in [1.807, 2.05) is 49.9 Å². The zero-order valence-corrected chi connectivity index (χ0v) is 14.8. The zero-order valence-electron chi connectivity index (χ0n) is 13.2. The van der Waals surface area contributed by atoms with Gasteiger partial charge < -0.3 is 10.0 Å². The van der Waals surface area contributed by atoms with E-state index in [0.29, 0.717) is 19.5 Å². The van der Waals surface area contributed by atoms with Crippen molar-refractivity contribution in [2.75, 3.05) is 13.1 Å². The minimum atomic E-state index is -0.758. The smallest absolute Gasteiger partial charge is 0.306 e. The maximum absolute atomic E-state index is 12.9. The van der Waals surface area contributed by atoms with Crippen LogP contribution >= 0.6 is 15.9 Å². The van der Waals surface area contributed by atoms with Gasteiger partial charge in [-0.05, 0) is 43.9 Å². The lowest BCUT2D eigenvalue weighted by Crippen LogP contribution is -2.50. The second-order valence-electron chi connectivity index (χ2n) is 6.60. The van der Waals surface area contributed by atoms with Crippen LogP contribution in [0.1, 0.15) is 32.8 Å². The first-order chi connectivity index (χ1) is 10.2. The van der Waals surface area contributed by atoms with Gasteiger partial charge in [-0.25, -0.2) is 0 Å². The number of carboxylic acid groups (broad SMARTS) is 1. The van der Waals surface area contributed by atoms with Crippen LogP contribution in [-0.4, -0.2) is 35.0 Å². The fourth-order valence-corrected chi connectivity index (χ4v) is 3.49. The summed E-state index contributed by atoms with van der Waals surface area (Å²) in [4.78, 5) is 25.9. The monoisotopic (exact) mass is 367 g/mol. The predicted molar refractivity (Wildman–Crippen MR) is 88.7 cm³/mol. The van der Waals surface area contributed by atoms with E-state index < -0.39 is 11.4 Å². The van der Waals surface area contributed by atoms with Crippen LogP contribution in [-0.2, 0) is 15.0 Å². The van der Waals surface area contributed by atoms with Gasteiger partial charge in [0.15, 0.2) is 0 Å². The van der Waals surface area contributed by atoms with Gasteiger partial charge in [0, 0.05) is 17.6 Å². The molecule has 0 spiro atoms. The van der Waals surface area contributed by atoms with Gasteiger partial charge in [-0.3, -0.25) is 9.59 Å². The van der Waals surface area contributed by atoms with Crippen LogP contribution in [0.2, 0.25) is 0 Å². The zero-order chi connectivity index (χ0) is 16.5. The molecule has 0 radical (unpaired) electrons. The third-order valence-electron chi connectivity index (χ3n) is 4.59. The highest BCUT2D eigenvalue weighted by molar-refractivity contribution is 9.10. The molecule has 120 valence electrons. The quantitative estimate of drug-likeness (QED) is 0.891. The van der Waals surface area contributed by atoms with Gasteiger partial charge >= 0.3 is 5.97 Å². The third kappa shape index (κ3) is 3.35. The maximum atomic E-state index is 12.9. The Bertz CT molecular complexity index is 585. The summed E-state index contributed by atoms with van der Waals surface area (Å²) in [6.07, 6.45) is 0.525. The molecule has 1 aromatic rings. The number of aliphatic carboxylic acids is 1. The van der Waals surface area contributed by atoms with E-state index in [9.17, 15) is 14.7 Å². The molecule has 2 atom stereocenters. The van der Waals surface area contributed by atoms with E-state index in [-0.39, 0.29) is 17.7 Å². The molecule has 22 heavy (non-hydrogen) atoms. The molecule has 1 saturated heterocycles. The summed E-state index contributed by atoms with van der Waals surface area (Å²) >= 11 is 3.44. The third-order valence-corrected chi connectivity index (χ3v) is 5.08. The first-order valence-electron chi connectivity index (χ1n) is 7.51. The molecule has 0 aromatic heterocycles. The molecule has 1 aromatic carbocycles. The van der Waals surface area contributed by atoms with Crippen molar-refractivity contribution in [1.82, 2.24) is 4.90 Å². The molecule has 2 rings (SSSR count). The average molecular weight is 368 g/mol. The first-order valence-corrected chi connectivity index (χ1v) is 8.31. The Kier molecular flexibility index (Phi) is 4.95. The van der Waals surface area contributed by atoms with Crippen molar-refractivity contribution in [3.05, 3.63) is 34.3 Å². The van der Waals surface area contributed by atoms with E-state index in [0.717, 1.165) is 10.0 Å². The Labute approximate surface area is 139 Å². The van der Waals surface area contributed by atoms with Crippen molar-refractivity contribution in [3.8, 4) is 0 Å². The lowest BCUT2D eigenvalue weighted by molar-refractivity contribution is -0.149. The number of carbonyl (C=O) groups is 2. The molecular weight excluding hydrogens is 346 g/mol. The van der Waals surface area contributed by atoms with E-state index in [4.69, 9.17) is 0 Å². The molecule has 2 unspecified atom stereocenters. The summed E-state index contributed by atoms with van der Waals surface area (Å²) < 4.78 is 0.948. The highest BCUT2D eigenvalue weighted by atomic mass is 79.9. The molecule has 1 aliphatic rings. The number of likely N-dealkylation sites (tertiary alicyclic amines) is 1. The summed E-state index contributed by atoms with van der Waals surface area (Å²) in [5.74, 6) is -1.07. The number of amides is 1. The fraction of sp³-hybridized carbons (Fsp3) is 0.529. The van der Waals surface area contributed by atoms with Crippen LogP contribution in [0.15, 0.2) is 28.7 Å². The summed E-state index contributed by atoms with van der Waals surface area (Å²) in [7, 11) is 0. The second-order valence-corrected chi connectivity index (χ2v) is 7.51. The van der Waals surface area contributed by atoms with Crippen LogP contribution in [0.3, 0.4) is 0 Å². The van der Waals surface area contributed by atoms with Crippen molar-refractivity contribution >= 4 is 27.8 Å². The molecule has 1 amide bonds. The molecule has 0 bridgehead atoms. The lowest BCUT2D eigenvalue weighted by atomic mass is 9.81. The molecule has 1 heterocycles. The molecule has 4 nitrogen and oxygen atoms in total. The minimum Gasteiger partial charge on any atom is -0.481 e. The number of hydrogen-bond donors (Lipinski definition) is 1. The number of hydrogen-bond acceptors (Lipinski definition) is 2. The Hall–Kier alpha value is -1.36. The molecule has 0 saturated carbocycles. The Balaban J connectivity index is 2.16. The molecule has 0 aliphatic carbocycles. The fourth-order valence-electron chi connectivity index (χ4n) is 3.09. The van der Waals surface area contributed by atoms with Crippen molar-refractivity contribution in [2.24, 2.45) is 11.8 Å². The number of carbonyl (C=O) groups excluding carboxylic acids is 1. The van der Waals surface area contributed by atoms with Crippen LogP contribution in [0.4, 0.5) is 0 Å². The number of benzene rings is 1. The van der Waals surface area contributed by atoms with Crippen molar-refractivity contribution in [3.63, 3.8) is 0 Å². The highest BCUT2D eigenvalue weighted by Crippen LogP contribution is 2.31.